The molecule has 5 nitrogen and oxygen atoms in total. The Morgan fingerprint density at radius 1 is 1.20 bits per heavy atom. The lowest BCUT2D eigenvalue weighted by Crippen LogP contribution is -2.20. The minimum atomic E-state index is 0.458. The average molecular weight is 279 g/mol. The van der Waals surface area contributed by atoms with Crippen molar-refractivity contribution in [1.82, 2.24) is 9.97 Å². The molecule has 112 valence electrons. The number of nitrogens with zero attached hydrogens (tertiary/aromatic N) is 2. The lowest BCUT2D eigenvalue weighted by molar-refractivity contribution is 0.0347. The van der Waals surface area contributed by atoms with E-state index in [1.54, 1.807) is 0 Å². The van der Waals surface area contributed by atoms with Crippen LogP contribution in [0.15, 0.2) is 12.4 Å². The molecule has 5 heteroatoms. The van der Waals surface area contributed by atoms with Crippen LogP contribution in [0.4, 0.5) is 5.82 Å². The largest absolute Gasteiger partial charge is 0.478 e. The van der Waals surface area contributed by atoms with Gasteiger partial charge in [0, 0.05) is 12.6 Å². The van der Waals surface area contributed by atoms with Crippen molar-refractivity contribution in [3.63, 3.8) is 0 Å². The highest BCUT2D eigenvalue weighted by atomic mass is 16.5. The van der Waals surface area contributed by atoms with Gasteiger partial charge in [0.1, 0.15) is 12.1 Å². The summed E-state index contributed by atoms with van der Waals surface area (Å²) in [6, 6.07) is 1.83. The van der Waals surface area contributed by atoms with Crippen molar-refractivity contribution < 1.29 is 9.47 Å². The van der Waals surface area contributed by atoms with E-state index in [4.69, 9.17) is 9.47 Å². The summed E-state index contributed by atoms with van der Waals surface area (Å²) >= 11 is 0. The van der Waals surface area contributed by atoms with Crippen LogP contribution < -0.4 is 10.1 Å². The molecule has 1 heterocycles. The number of rotatable bonds is 8. The Balaban J connectivity index is 1.65. The summed E-state index contributed by atoms with van der Waals surface area (Å²) in [5.74, 6) is 1.41. The molecular weight excluding hydrogens is 254 g/mol. The van der Waals surface area contributed by atoms with Crippen LogP contribution in [0.5, 0.6) is 5.88 Å². The van der Waals surface area contributed by atoms with Gasteiger partial charge in [-0.1, -0.05) is 26.2 Å². The minimum Gasteiger partial charge on any atom is -0.478 e. The SMILES string of the molecule is CCCOc1cc(NCCOC2CCCCC2)ncn1. The third kappa shape index (κ3) is 5.33. The molecular formula is C15H25N3O2. The van der Waals surface area contributed by atoms with Gasteiger partial charge in [0.2, 0.25) is 5.88 Å². The summed E-state index contributed by atoms with van der Waals surface area (Å²) in [5, 5.41) is 3.24. The van der Waals surface area contributed by atoms with Crippen LogP contribution in [0.25, 0.3) is 0 Å². The Morgan fingerprint density at radius 3 is 2.85 bits per heavy atom. The molecule has 2 rings (SSSR count). The molecule has 0 aliphatic heterocycles. The van der Waals surface area contributed by atoms with Gasteiger partial charge in [-0.25, -0.2) is 9.97 Å². The lowest BCUT2D eigenvalue weighted by atomic mass is 9.98. The lowest BCUT2D eigenvalue weighted by Gasteiger charge is -2.22. The molecule has 0 amide bonds. The van der Waals surface area contributed by atoms with E-state index in [-0.39, 0.29) is 0 Å². The van der Waals surface area contributed by atoms with Crippen molar-refractivity contribution in [2.24, 2.45) is 0 Å². The quantitative estimate of drug-likeness (QED) is 0.741. The molecule has 0 radical (unpaired) electrons. The van der Waals surface area contributed by atoms with E-state index in [1.807, 2.05) is 6.07 Å². The van der Waals surface area contributed by atoms with Gasteiger partial charge < -0.3 is 14.8 Å². The van der Waals surface area contributed by atoms with Crippen LogP contribution in [0.1, 0.15) is 45.4 Å². The first-order valence-electron chi connectivity index (χ1n) is 7.69. The molecule has 1 aromatic heterocycles. The molecule has 1 aliphatic carbocycles. The highest BCUT2D eigenvalue weighted by Crippen LogP contribution is 2.20. The molecule has 0 saturated heterocycles. The van der Waals surface area contributed by atoms with E-state index in [9.17, 15) is 0 Å². The van der Waals surface area contributed by atoms with Crippen LogP contribution >= 0.6 is 0 Å². The molecule has 0 atom stereocenters. The van der Waals surface area contributed by atoms with Crippen LogP contribution in [-0.4, -0.2) is 35.8 Å². The molecule has 0 bridgehead atoms. The van der Waals surface area contributed by atoms with Crippen molar-refractivity contribution in [3.8, 4) is 5.88 Å². The van der Waals surface area contributed by atoms with Gasteiger partial charge in [0.25, 0.3) is 0 Å². The monoisotopic (exact) mass is 279 g/mol. The summed E-state index contributed by atoms with van der Waals surface area (Å²) in [6.45, 7) is 4.24. The first-order valence-corrected chi connectivity index (χ1v) is 7.69. The zero-order valence-corrected chi connectivity index (χ0v) is 12.3. The number of hydrogen-bond donors (Lipinski definition) is 1. The van der Waals surface area contributed by atoms with Gasteiger partial charge in [0.15, 0.2) is 0 Å². The minimum absolute atomic E-state index is 0.458. The molecule has 0 aromatic carbocycles. The van der Waals surface area contributed by atoms with E-state index >= 15 is 0 Å². The van der Waals surface area contributed by atoms with Crippen LogP contribution in [0.2, 0.25) is 0 Å². The molecule has 0 unspecified atom stereocenters. The zero-order valence-electron chi connectivity index (χ0n) is 12.3. The van der Waals surface area contributed by atoms with E-state index in [1.165, 1.54) is 38.4 Å². The average Bonchev–Trinajstić information content (AvgIpc) is 2.51. The van der Waals surface area contributed by atoms with Crippen molar-refractivity contribution in [2.75, 3.05) is 25.1 Å². The fraction of sp³-hybridized carbons (Fsp3) is 0.733. The molecule has 1 fully saturated rings. The van der Waals surface area contributed by atoms with Crippen LogP contribution in [0, 0.1) is 0 Å². The third-order valence-electron chi connectivity index (χ3n) is 3.41. The van der Waals surface area contributed by atoms with Gasteiger partial charge in [-0.3, -0.25) is 0 Å². The Kier molecular flexibility index (Phi) is 6.57. The second-order valence-corrected chi connectivity index (χ2v) is 5.15. The highest BCUT2D eigenvalue weighted by molar-refractivity contribution is 5.36. The Hall–Kier alpha value is -1.36. The Labute approximate surface area is 121 Å². The molecule has 1 N–H and O–H groups in total. The fourth-order valence-electron chi connectivity index (χ4n) is 2.36. The molecule has 1 saturated carbocycles. The van der Waals surface area contributed by atoms with Crippen molar-refractivity contribution >= 4 is 5.82 Å². The van der Waals surface area contributed by atoms with Gasteiger partial charge in [-0.05, 0) is 19.3 Å². The Bertz CT molecular complexity index is 381. The number of hydrogen-bond acceptors (Lipinski definition) is 5. The molecule has 20 heavy (non-hydrogen) atoms. The maximum absolute atomic E-state index is 5.86. The van der Waals surface area contributed by atoms with Crippen molar-refractivity contribution in [3.05, 3.63) is 12.4 Å². The number of anilines is 1. The highest BCUT2D eigenvalue weighted by Gasteiger charge is 2.12. The van der Waals surface area contributed by atoms with Gasteiger partial charge in [-0.15, -0.1) is 0 Å². The number of nitrogens with one attached hydrogen (secondary N) is 1. The van der Waals surface area contributed by atoms with Gasteiger partial charge in [0.05, 0.1) is 19.3 Å². The van der Waals surface area contributed by atoms with Crippen LogP contribution in [-0.2, 0) is 4.74 Å². The molecule has 1 aromatic rings. The number of aromatic nitrogens is 2. The maximum Gasteiger partial charge on any atom is 0.218 e. The van der Waals surface area contributed by atoms with Crippen LogP contribution in [0.3, 0.4) is 0 Å². The molecule has 1 aliphatic rings. The number of ether oxygens (including phenoxy) is 2. The standard InChI is InChI=1S/C15H25N3O2/c1-2-9-20-15-11-14(17-12-18-15)16-8-10-19-13-6-4-3-5-7-13/h11-13H,2-10H2,1H3,(H,16,17,18). The van der Waals surface area contributed by atoms with E-state index < -0.39 is 0 Å². The van der Waals surface area contributed by atoms with E-state index in [0.717, 1.165) is 25.4 Å². The normalized spacial score (nSPS) is 16.1. The first-order chi connectivity index (χ1) is 9.88. The fourth-order valence-corrected chi connectivity index (χ4v) is 2.36. The Morgan fingerprint density at radius 2 is 2.05 bits per heavy atom. The first kappa shape index (κ1) is 15.0. The zero-order chi connectivity index (χ0) is 14.0. The summed E-state index contributed by atoms with van der Waals surface area (Å²) < 4.78 is 11.3. The third-order valence-corrected chi connectivity index (χ3v) is 3.41. The topological polar surface area (TPSA) is 56.3 Å². The summed E-state index contributed by atoms with van der Waals surface area (Å²) in [6.07, 6.45) is 9.35. The van der Waals surface area contributed by atoms with E-state index in [0.29, 0.717) is 18.6 Å². The predicted octanol–water partition coefficient (Wildman–Crippen LogP) is 3.03. The smallest absolute Gasteiger partial charge is 0.218 e. The summed E-state index contributed by atoms with van der Waals surface area (Å²) in [4.78, 5) is 8.25. The van der Waals surface area contributed by atoms with Crippen molar-refractivity contribution in [2.45, 2.75) is 51.6 Å². The maximum atomic E-state index is 5.86. The van der Waals surface area contributed by atoms with E-state index in [2.05, 4.69) is 22.2 Å². The van der Waals surface area contributed by atoms with Gasteiger partial charge >= 0.3 is 0 Å². The van der Waals surface area contributed by atoms with Gasteiger partial charge in [-0.2, -0.15) is 0 Å². The predicted molar refractivity (Wildman–Crippen MR) is 79.1 cm³/mol. The molecule has 0 spiro atoms. The van der Waals surface area contributed by atoms with Crippen molar-refractivity contribution in [1.29, 1.82) is 0 Å². The summed E-state index contributed by atoms with van der Waals surface area (Å²) in [5.41, 5.74) is 0. The summed E-state index contributed by atoms with van der Waals surface area (Å²) in [7, 11) is 0. The second-order valence-electron chi connectivity index (χ2n) is 5.15. The second kappa shape index (κ2) is 8.74.